The number of nitrogens with zero attached hydrogens (tertiary/aromatic N) is 1. The zero-order chi connectivity index (χ0) is 11.9. The fourth-order valence-corrected chi connectivity index (χ4v) is 1.80. The molecule has 2 rings (SSSR count). The van der Waals surface area contributed by atoms with Crippen LogP contribution in [0.5, 0.6) is 0 Å². The van der Waals surface area contributed by atoms with Crippen molar-refractivity contribution in [3.8, 4) is 0 Å². The summed E-state index contributed by atoms with van der Waals surface area (Å²) in [5.41, 5.74) is 3.42. The molecule has 17 heavy (non-hydrogen) atoms. The highest BCUT2D eigenvalue weighted by molar-refractivity contribution is 5.74. The average molecular weight is 232 g/mol. The van der Waals surface area contributed by atoms with Gasteiger partial charge in [0.1, 0.15) is 0 Å². The first-order valence-electron chi connectivity index (χ1n) is 6.23. The van der Waals surface area contributed by atoms with Crippen molar-refractivity contribution in [2.75, 3.05) is 19.6 Å². The molecule has 4 nitrogen and oxygen atoms in total. The van der Waals surface area contributed by atoms with Crippen LogP contribution in [0.2, 0.25) is 0 Å². The molecule has 1 aromatic carbocycles. The first-order chi connectivity index (χ1) is 8.40. The van der Waals surface area contributed by atoms with E-state index in [1.165, 1.54) is 12.0 Å². The first kappa shape index (κ1) is 12.1. The van der Waals surface area contributed by atoms with E-state index in [1.54, 1.807) is 6.33 Å². The Hall–Kier alpha value is -1.39. The van der Waals surface area contributed by atoms with Gasteiger partial charge in [-0.1, -0.05) is 13.0 Å². The van der Waals surface area contributed by atoms with Crippen LogP contribution >= 0.6 is 0 Å². The summed E-state index contributed by atoms with van der Waals surface area (Å²) in [5.74, 6) is 0. The van der Waals surface area contributed by atoms with E-state index in [2.05, 4.69) is 45.7 Å². The van der Waals surface area contributed by atoms with Crippen molar-refractivity contribution in [2.45, 2.75) is 19.9 Å². The topological polar surface area (TPSA) is 52.7 Å². The number of H-pyrrole nitrogens is 1. The van der Waals surface area contributed by atoms with Gasteiger partial charge in [0.25, 0.3) is 0 Å². The highest BCUT2D eigenvalue weighted by Crippen LogP contribution is 2.10. The predicted octanol–water partition coefficient (Wildman–Crippen LogP) is 1.65. The molecule has 2 aromatic rings. The van der Waals surface area contributed by atoms with E-state index >= 15 is 0 Å². The fourth-order valence-electron chi connectivity index (χ4n) is 1.80. The highest BCUT2D eigenvalue weighted by Gasteiger charge is 1.97. The normalized spacial score (nSPS) is 11.1. The third-order valence-corrected chi connectivity index (χ3v) is 2.72. The molecule has 0 spiro atoms. The molecule has 0 aliphatic rings. The quantitative estimate of drug-likeness (QED) is 0.636. The van der Waals surface area contributed by atoms with Gasteiger partial charge in [-0.05, 0) is 30.7 Å². The van der Waals surface area contributed by atoms with Crippen LogP contribution in [0.25, 0.3) is 11.0 Å². The van der Waals surface area contributed by atoms with Crippen LogP contribution in [0.4, 0.5) is 0 Å². The van der Waals surface area contributed by atoms with E-state index in [0.717, 1.165) is 37.2 Å². The van der Waals surface area contributed by atoms with Crippen LogP contribution in [-0.4, -0.2) is 29.6 Å². The molecule has 1 aromatic heterocycles. The molecule has 0 aliphatic carbocycles. The van der Waals surface area contributed by atoms with E-state index in [1.807, 2.05) is 0 Å². The molecule has 0 atom stereocenters. The lowest BCUT2D eigenvalue weighted by Crippen LogP contribution is -2.27. The minimum atomic E-state index is 0.906. The lowest BCUT2D eigenvalue weighted by Gasteiger charge is -2.06. The Morgan fingerprint density at radius 3 is 2.94 bits per heavy atom. The molecule has 0 saturated heterocycles. The van der Waals surface area contributed by atoms with Gasteiger partial charge in [0.15, 0.2) is 0 Å². The minimum Gasteiger partial charge on any atom is -0.345 e. The maximum absolute atomic E-state index is 4.20. The Labute approximate surface area is 102 Å². The van der Waals surface area contributed by atoms with Gasteiger partial charge < -0.3 is 15.6 Å². The Kier molecular flexibility index (Phi) is 4.53. The van der Waals surface area contributed by atoms with Crippen molar-refractivity contribution in [3.63, 3.8) is 0 Å². The van der Waals surface area contributed by atoms with Crippen LogP contribution < -0.4 is 10.6 Å². The van der Waals surface area contributed by atoms with E-state index in [4.69, 9.17) is 0 Å². The minimum absolute atomic E-state index is 0.906. The maximum atomic E-state index is 4.20. The summed E-state index contributed by atoms with van der Waals surface area (Å²) in [6.45, 7) is 6.21. The summed E-state index contributed by atoms with van der Waals surface area (Å²) in [5, 5.41) is 6.79. The summed E-state index contributed by atoms with van der Waals surface area (Å²) < 4.78 is 0. The van der Waals surface area contributed by atoms with Crippen molar-refractivity contribution in [1.82, 2.24) is 20.6 Å². The Morgan fingerprint density at radius 2 is 2.06 bits per heavy atom. The largest absolute Gasteiger partial charge is 0.345 e. The second kappa shape index (κ2) is 6.37. The summed E-state index contributed by atoms with van der Waals surface area (Å²) in [6.07, 6.45) is 2.92. The molecule has 4 heteroatoms. The lowest BCUT2D eigenvalue weighted by molar-refractivity contribution is 0.607. The molecule has 3 N–H and O–H groups in total. The third-order valence-electron chi connectivity index (χ3n) is 2.72. The Morgan fingerprint density at radius 1 is 1.18 bits per heavy atom. The molecule has 92 valence electrons. The van der Waals surface area contributed by atoms with Crippen molar-refractivity contribution in [3.05, 3.63) is 30.1 Å². The van der Waals surface area contributed by atoms with Crippen LogP contribution in [0.3, 0.4) is 0 Å². The molecule has 0 aliphatic heterocycles. The van der Waals surface area contributed by atoms with Gasteiger partial charge in [-0.15, -0.1) is 0 Å². The summed E-state index contributed by atoms with van der Waals surface area (Å²) >= 11 is 0. The Balaban J connectivity index is 1.75. The summed E-state index contributed by atoms with van der Waals surface area (Å²) in [4.78, 5) is 7.33. The standard InChI is InChI=1S/C13H20N4/c1-2-5-14-6-7-15-9-11-3-4-12-13(8-11)17-10-16-12/h3-4,8,10,14-15H,2,5-7,9H2,1H3,(H,16,17). The van der Waals surface area contributed by atoms with Gasteiger partial charge in [0.2, 0.25) is 0 Å². The second-order valence-electron chi connectivity index (χ2n) is 4.18. The van der Waals surface area contributed by atoms with Gasteiger partial charge in [0, 0.05) is 19.6 Å². The predicted molar refractivity (Wildman–Crippen MR) is 71.0 cm³/mol. The number of aromatic amines is 1. The van der Waals surface area contributed by atoms with Gasteiger partial charge in [-0.25, -0.2) is 4.98 Å². The number of rotatable bonds is 7. The number of fused-ring (bicyclic) bond motifs is 1. The molecule has 0 fully saturated rings. The van der Waals surface area contributed by atoms with Crippen LogP contribution in [0.15, 0.2) is 24.5 Å². The zero-order valence-electron chi connectivity index (χ0n) is 10.3. The van der Waals surface area contributed by atoms with E-state index in [9.17, 15) is 0 Å². The molecule has 0 radical (unpaired) electrons. The fraction of sp³-hybridized carbons (Fsp3) is 0.462. The summed E-state index contributed by atoms with van der Waals surface area (Å²) in [6, 6.07) is 6.32. The van der Waals surface area contributed by atoms with Crippen molar-refractivity contribution < 1.29 is 0 Å². The molecule has 1 heterocycles. The smallest absolute Gasteiger partial charge is 0.0931 e. The number of hydrogen-bond donors (Lipinski definition) is 3. The third kappa shape index (κ3) is 3.54. The van der Waals surface area contributed by atoms with Crippen LogP contribution in [-0.2, 0) is 6.54 Å². The van der Waals surface area contributed by atoms with Gasteiger partial charge in [0.05, 0.1) is 17.4 Å². The number of hydrogen-bond acceptors (Lipinski definition) is 3. The van der Waals surface area contributed by atoms with Crippen molar-refractivity contribution in [1.29, 1.82) is 0 Å². The van der Waals surface area contributed by atoms with E-state index in [0.29, 0.717) is 0 Å². The van der Waals surface area contributed by atoms with Gasteiger partial charge in [-0.2, -0.15) is 0 Å². The van der Waals surface area contributed by atoms with Crippen LogP contribution in [0, 0.1) is 0 Å². The highest BCUT2D eigenvalue weighted by atomic mass is 14.9. The van der Waals surface area contributed by atoms with E-state index in [-0.39, 0.29) is 0 Å². The van der Waals surface area contributed by atoms with Gasteiger partial charge >= 0.3 is 0 Å². The summed E-state index contributed by atoms with van der Waals surface area (Å²) in [7, 11) is 0. The monoisotopic (exact) mass is 232 g/mol. The zero-order valence-corrected chi connectivity index (χ0v) is 10.3. The average Bonchev–Trinajstić information content (AvgIpc) is 2.81. The molecule has 0 bridgehead atoms. The van der Waals surface area contributed by atoms with E-state index < -0.39 is 0 Å². The Bertz CT molecular complexity index is 449. The molecular formula is C13H20N4. The SMILES string of the molecule is CCCNCCNCc1ccc2nc[nH]c2c1. The second-order valence-corrected chi connectivity index (χ2v) is 4.18. The lowest BCUT2D eigenvalue weighted by atomic mass is 10.2. The number of imidazole rings is 1. The molecule has 0 saturated carbocycles. The van der Waals surface area contributed by atoms with Crippen LogP contribution in [0.1, 0.15) is 18.9 Å². The molecule has 0 unspecified atom stereocenters. The maximum Gasteiger partial charge on any atom is 0.0931 e. The van der Waals surface area contributed by atoms with Crippen molar-refractivity contribution in [2.24, 2.45) is 0 Å². The molecule has 0 amide bonds. The number of aromatic nitrogens is 2. The number of benzene rings is 1. The first-order valence-corrected chi connectivity index (χ1v) is 6.23. The van der Waals surface area contributed by atoms with Gasteiger partial charge in [-0.3, -0.25) is 0 Å². The molecular weight excluding hydrogens is 212 g/mol. The van der Waals surface area contributed by atoms with Crippen molar-refractivity contribution >= 4 is 11.0 Å². The number of nitrogens with one attached hydrogen (secondary N) is 3.